The molecule has 0 atom stereocenters. The molecule has 3 heterocycles. The molecular formula is C39H26N2O2. The van der Waals surface area contributed by atoms with Gasteiger partial charge in [0.25, 0.3) is 0 Å². The molecule has 0 radical (unpaired) electrons. The minimum absolute atomic E-state index is 0.00269. The number of benzene rings is 5. The van der Waals surface area contributed by atoms with Crippen molar-refractivity contribution >= 4 is 43.7 Å². The third-order valence-electron chi connectivity index (χ3n) is 9.31. The number of hydrogen-bond donors (Lipinski definition) is 0. The van der Waals surface area contributed by atoms with Gasteiger partial charge in [-0.05, 0) is 81.9 Å². The first kappa shape index (κ1) is 24.2. The van der Waals surface area contributed by atoms with Crippen molar-refractivity contribution in [1.29, 1.82) is 0 Å². The van der Waals surface area contributed by atoms with Gasteiger partial charge in [0.05, 0.1) is 21.8 Å². The van der Waals surface area contributed by atoms with Gasteiger partial charge in [0.2, 0.25) is 5.43 Å². The van der Waals surface area contributed by atoms with Crippen molar-refractivity contribution in [2.75, 3.05) is 0 Å². The van der Waals surface area contributed by atoms with Crippen LogP contribution in [-0.4, -0.2) is 9.55 Å². The predicted octanol–water partition coefficient (Wildman–Crippen LogP) is 9.41. The molecule has 204 valence electrons. The van der Waals surface area contributed by atoms with Gasteiger partial charge in [-0.1, -0.05) is 74.5 Å². The van der Waals surface area contributed by atoms with Crippen LogP contribution in [0.3, 0.4) is 0 Å². The Morgan fingerprint density at radius 2 is 1.44 bits per heavy atom. The van der Waals surface area contributed by atoms with Crippen LogP contribution in [0.1, 0.15) is 25.0 Å². The zero-order chi connectivity index (χ0) is 28.9. The van der Waals surface area contributed by atoms with Crippen molar-refractivity contribution in [1.82, 2.24) is 9.55 Å². The van der Waals surface area contributed by atoms with Crippen molar-refractivity contribution in [2.45, 2.75) is 19.3 Å². The summed E-state index contributed by atoms with van der Waals surface area (Å²) in [4.78, 5) is 17.6. The molecule has 0 bridgehead atoms. The number of hydrogen-bond acceptors (Lipinski definition) is 3. The molecule has 3 aromatic heterocycles. The standard InChI is InChI=1S/C39H26N2O2/c1-39(2)30-9-5-3-7-26(30)36-31(39)17-18-33-37(36)29-22-40-20-19-32(29)41(33)25-14-11-23(12-15-25)24-13-16-28-35(21-24)43-34-10-6-4-8-27(34)38(28)42/h3-22H,1-2H3. The normalized spacial score (nSPS) is 13.6. The van der Waals surface area contributed by atoms with Crippen LogP contribution >= 0.6 is 0 Å². The Bertz CT molecular complexity index is 2500. The monoisotopic (exact) mass is 554 g/mol. The molecule has 1 aliphatic rings. The van der Waals surface area contributed by atoms with Gasteiger partial charge in [0, 0.05) is 34.3 Å². The summed E-state index contributed by atoms with van der Waals surface area (Å²) in [5.41, 5.74) is 11.9. The molecule has 8 aromatic rings. The van der Waals surface area contributed by atoms with Crippen LogP contribution in [0.4, 0.5) is 0 Å². The lowest BCUT2D eigenvalue weighted by Crippen LogP contribution is -2.14. The molecule has 4 heteroatoms. The van der Waals surface area contributed by atoms with Crippen molar-refractivity contribution in [3.8, 4) is 27.9 Å². The fourth-order valence-electron chi connectivity index (χ4n) is 7.21. The highest BCUT2D eigenvalue weighted by atomic mass is 16.3. The average Bonchev–Trinajstić information content (AvgIpc) is 3.50. The zero-order valence-electron chi connectivity index (χ0n) is 23.8. The van der Waals surface area contributed by atoms with E-state index in [1.807, 2.05) is 54.9 Å². The second-order valence-corrected chi connectivity index (χ2v) is 12.0. The highest BCUT2D eigenvalue weighted by Gasteiger charge is 2.37. The summed E-state index contributed by atoms with van der Waals surface area (Å²) < 4.78 is 8.48. The lowest BCUT2D eigenvalue weighted by Gasteiger charge is -2.21. The Labute approximate surface area is 247 Å². The summed E-state index contributed by atoms with van der Waals surface area (Å²) in [7, 11) is 0. The first-order chi connectivity index (χ1) is 21.0. The van der Waals surface area contributed by atoms with Crippen molar-refractivity contribution in [3.63, 3.8) is 0 Å². The molecule has 43 heavy (non-hydrogen) atoms. The zero-order valence-corrected chi connectivity index (χ0v) is 23.8. The van der Waals surface area contributed by atoms with Gasteiger partial charge >= 0.3 is 0 Å². The lowest BCUT2D eigenvalue weighted by molar-refractivity contribution is 0.660. The Morgan fingerprint density at radius 3 is 2.33 bits per heavy atom. The number of aromatic nitrogens is 2. The predicted molar refractivity (Wildman–Crippen MR) is 175 cm³/mol. The molecular weight excluding hydrogens is 528 g/mol. The Hall–Kier alpha value is -5.48. The molecule has 5 aromatic carbocycles. The Balaban J connectivity index is 1.22. The Morgan fingerprint density at radius 1 is 0.674 bits per heavy atom. The van der Waals surface area contributed by atoms with Crippen LogP contribution in [0, 0.1) is 0 Å². The van der Waals surface area contributed by atoms with E-state index < -0.39 is 0 Å². The molecule has 0 saturated heterocycles. The largest absolute Gasteiger partial charge is 0.456 e. The van der Waals surface area contributed by atoms with Crippen molar-refractivity contribution < 1.29 is 4.42 Å². The smallest absolute Gasteiger partial charge is 0.200 e. The molecule has 9 rings (SSSR count). The second kappa shape index (κ2) is 8.52. The molecule has 4 nitrogen and oxygen atoms in total. The fraction of sp³-hybridized carbons (Fsp3) is 0.0769. The minimum Gasteiger partial charge on any atom is -0.456 e. The van der Waals surface area contributed by atoms with Gasteiger partial charge in [0.1, 0.15) is 11.2 Å². The first-order valence-corrected chi connectivity index (χ1v) is 14.6. The fourth-order valence-corrected chi connectivity index (χ4v) is 7.21. The number of pyridine rings is 1. The van der Waals surface area contributed by atoms with Crippen LogP contribution in [-0.2, 0) is 5.41 Å². The second-order valence-electron chi connectivity index (χ2n) is 12.0. The maximum absolute atomic E-state index is 13.0. The van der Waals surface area contributed by atoms with Gasteiger partial charge in [-0.2, -0.15) is 0 Å². The number of rotatable bonds is 2. The van der Waals surface area contributed by atoms with E-state index in [0.29, 0.717) is 21.9 Å². The summed E-state index contributed by atoms with van der Waals surface area (Å²) in [6.07, 6.45) is 3.88. The third-order valence-corrected chi connectivity index (χ3v) is 9.31. The van der Waals surface area contributed by atoms with Gasteiger partial charge in [-0.15, -0.1) is 0 Å². The molecule has 0 amide bonds. The van der Waals surface area contributed by atoms with Gasteiger partial charge in [-0.3, -0.25) is 9.78 Å². The van der Waals surface area contributed by atoms with E-state index in [1.54, 1.807) is 0 Å². The SMILES string of the molecule is CC1(C)c2ccccc2-c2c1ccc1c2c2cnccc2n1-c1ccc(-c2ccc3c(=O)c4ccccc4oc3c2)cc1. The van der Waals surface area contributed by atoms with Crippen LogP contribution in [0.2, 0.25) is 0 Å². The van der Waals surface area contributed by atoms with E-state index in [0.717, 1.165) is 27.7 Å². The third kappa shape index (κ3) is 3.26. The molecule has 0 spiro atoms. The van der Waals surface area contributed by atoms with E-state index in [9.17, 15) is 4.79 Å². The summed E-state index contributed by atoms with van der Waals surface area (Å²) in [5.74, 6) is 0. The average molecular weight is 555 g/mol. The van der Waals surface area contributed by atoms with Crippen LogP contribution < -0.4 is 5.43 Å². The van der Waals surface area contributed by atoms with Gasteiger partial charge in [0.15, 0.2) is 0 Å². The Kier molecular flexibility index (Phi) is 4.79. The van der Waals surface area contributed by atoms with Crippen LogP contribution in [0.25, 0.3) is 71.7 Å². The number of nitrogens with zero attached hydrogens (tertiary/aromatic N) is 2. The van der Waals surface area contributed by atoms with E-state index in [2.05, 4.69) is 90.1 Å². The van der Waals surface area contributed by atoms with E-state index >= 15 is 0 Å². The lowest BCUT2D eigenvalue weighted by atomic mass is 9.82. The topological polar surface area (TPSA) is 48.0 Å². The molecule has 0 aliphatic heterocycles. The first-order valence-electron chi connectivity index (χ1n) is 14.6. The molecule has 1 aliphatic carbocycles. The summed E-state index contributed by atoms with van der Waals surface area (Å²) in [6.45, 7) is 4.64. The minimum atomic E-state index is -0.0658. The number of fused-ring (bicyclic) bond motifs is 9. The highest BCUT2D eigenvalue weighted by molar-refractivity contribution is 6.17. The quantitative estimate of drug-likeness (QED) is 0.200. The van der Waals surface area contributed by atoms with E-state index in [-0.39, 0.29) is 10.8 Å². The summed E-state index contributed by atoms with van der Waals surface area (Å²) in [5, 5.41) is 3.60. The molecule has 0 fully saturated rings. The van der Waals surface area contributed by atoms with Crippen molar-refractivity contribution in [3.05, 3.63) is 143 Å². The van der Waals surface area contributed by atoms with Gasteiger partial charge < -0.3 is 8.98 Å². The summed E-state index contributed by atoms with van der Waals surface area (Å²) in [6, 6.07) is 37.3. The highest BCUT2D eigenvalue weighted by Crippen LogP contribution is 2.53. The van der Waals surface area contributed by atoms with E-state index in [4.69, 9.17) is 4.42 Å². The summed E-state index contributed by atoms with van der Waals surface area (Å²) >= 11 is 0. The maximum atomic E-state index is 13.0. The van der Waals surface area contributed by atoms with Crippen molar-refractivity contribution in [2.24, 2.45) is 0 Å². The van der Waals surface area contributed by atoms with Gasteiger partial charge in [-0.25, -0.2) is 0 Å². The van der Waals surface area contributed by atoms with Crippen LogP contribution in [0.15, 0.2) is 131 Å². The van der Waals surface area contributed by atoms with Crippen LogP contribution in [0.5, 0.6) is 0 Å². The number of para-hydroxylation sites is 1. The van der Waals surface area contributed by atoms with E-state index in [1.165, 1.54) is 33.2 Å². The molecule has 0 unspecified atom stereocenters. The maximum Gasteiger partial charge on any atom is 0.200 e. The molecule has 0 N–H and O–H groups in total. The molecule has 0 saturated carbocycles.